The van der Waals surface area contributed by atoms with Gasteiger partial charge in [0.05, 0.1) is 16.7 Å². The first-order valence-electron chi connectivity index (χ1n) is 9.17. The van der Waals surface area contributed by atoms with Crippen molar-refractivity contribution >= 4 is 35.1 Å². The van der Waals surface area contributed by atoms with Crippen molar-refractivity contribution in [2.45, 2.75) is 49.5 Å². The van der Waals surface area contributed by atoms with Crippen molar-refractivity contribution < 1.29 is 34.8 Å². The average Bonchev–Trinajstić information content (AvgIpc) is 3.07. The molecule has 3 rings (SSSR count). The summed E-state index contributed by atoms with van der Waals surface area (Å²) in [5.41, 5.74) is 1.30. The Bertz CT molecular complexity index is 715. The van der Waals surface area contributed by atoms with Gasteiger partial charge in [-0.2, -0.15) is 0 Å². The third kappa shape index (κ3) is 6.04. The lowest BCUT2D eigenvalue weighted by Crippen LogP contribution is -2.46. The van der Waals surface area contributed by atoms with Crippen LogP contribution in [0, 0.1) is 5.92 Å². The second-order valence-corrected chi connectivity index (χ2v) is 8.06. The van der Waals surface area contributed by atoms with E-state index in [1.807, 2.05) is 12.1 Å². The van der Waals surface area contributed by atoms with Gasteiger partial charge in [-0.05, 0) is 42.9 Å². The summed E-state index contributed by atoms with van der Waals surface area (Å²) in [4.78, 5) is 19.5. The lowest BCUT2D eigenvalue weighted by molar-refractivity contribution is -0.165. The van der Waals surface area contributed by atoms with Crippen LogP contribution in [0.25, 0.3) is 0 Å². The number of piperidine rings is 1. The summed E-state index contributed by atoms with van der Waals surface area (Å²) >= 11 is 12.2. The Hall–Kier alpha value is -1.42. The fraction of sp³-hybridized carbons (Fsp3) is 0.579. The molecule has 29 heavy (non-hydrogen) atoms. The molecule has 0 aliphatic carbocycles. The summed E-state index contributed by atoms with van der Waals surface area (Å²) < 4.78 is 5.44. The molecule has 0 saturated carbocycles. The number of nitrogens with one attached hydrogen (secondary N) is 1. The van der Waals surface area contributed by atoms with E-state index in [-0.39, 0.29) is 0 Å². The van der Waals surface area contributed by atoms with Gasteiger partial charge < -0.3 is 30.5 Å². The normalized spacial score (nSPS) is 27.5. The van der Waals surface area contributed by atoms with Crippen molar-refractivity contribution in [3.63, 3.8) is 0 Å². The maximum atomic E-state index is 9.77. The molecular weight excluding hydrogens is 425 g/mol. The van der Waals surface area contributed by atoms with E-state index >= 15 is 0 Å². The van der Waals surface area contributed by atoms with E-state index in [1.165, 1.54) is 24.8 Å². The van der Waals surface area contributed by atoms with Gasteiger partial charge in [0.1, 0.15) is 0 Å². The molecule has 2 bridgehead atoms. The molecule has 0 radical (unpaired) electrons. The summed E-state index contributed by atoms with van der Waals surface area (Å²) in [6.07, 6.45) is -0.822. The minimum atomic E-state index is -2.27. The minimum absolute atomic E-state index is 0.522. The number of carboxylic acids is 2. The Morgan fingerprint density at radius 1 is 1.14 bits per heavy atom. The Morgan fingerprint density at radius 3 is 2.28 bits per heavy atom. The first kappa shape index (κ1) is 23.9. The quantitative estimate of drug-likeness (QED) is 0.442. The van der Waals surface area contributed by atoms with Crippen molar-refractivity contribution in [3.05, 3.63) is 33.8 Å². The highest BCUT2D eigenvalue weighted by molar-refractivity contribution is 6.42. The summed E-state index contributed by atoms with van der Waals surface area (Å²) in [6.45, 7) is 0.801. The van der Waals surface area contributed by atoms with Crippen LogP contribution < -0.4 is 5.32 Å². The Balaban J connectivity index is 0.000000257. The molecule has 2 heterocycles. The number of aliphatic hydroxyl groups is 2. The van der Waals surface area contributed by atoms with Crippen LogP contribution in [0.5, 0.6) is 0 Å². The zero-order valence-electron chi connectivity index (χ0n) is 15.8. The molecule has 2 aliphatic heterocycles. The number of rotatable bonds is 6. The predicted molar refractivity (Wildman–Crippen MR) is 106 cm³/mol. The van der Waals surface area contributed by atoms with Gasteiger partial charge in [0.2, 0.25) is 0 Å². The molecule has 1 aromatic rings. The molecule has 0 aromatic heterocycles. The van der Waals surface area contributed by atoms with Crippen molar-refractivity contribution in [3.8, 4) is 0 Å². The lowest BCUT2D eigenvalue weighted by atomic mass is 9.77. The van der Waals surface area contributed by atoms with Gasteiger partial charge >= 0.3 is 11.9 Å². The lowest BCUT2D eigenvalue weighted by Gasteiger charge is -2.37. The number of benzene rings is 1. The largest absolute Gasteiger partial charge is 0.479 e. The number of hydrogen-bond acceptors (Lipinski definition) is 6. The Labute approximate surface area is 178 Å². The predicted octanol–water partition coefficient (Wildman–Crippen LogP) is 1.74. The van der Waals surface area contributed by atoms with Crippen molar-refractivity contribution in [2.75, 3.05) is 13.7 Å². The van der Waals surface area contributed by atoms with Crippen molar-refractivity contribution in [1.82, 2.24) is 5.32 Å². The maximum absolute atomic E-state index is 9.77. The standard InChI is InChI=1S/C15H19Cl2NO.C4H6O6/c1-19-8-12-11(7-10-3-5-15(12)18-10)9-2-4-13(16)14(17)6-9;5-1(3(7)8)2(6)4(9)10/h2,4,6,10-12,15,18H,3,5,7-8H2,1H3;1-2,5-6H,(H,7,8)(H,9,10). The van der Waals surface area contributed by atoms with Crippen molar-refractivity contribution in [2.24, 2.45) is 5.92 Å². The summed E-state index contributed by atoms with van der Waals surface area (Å²) in [6, 6.07) is 7.29. The molecule has 2 fully saturated rings. The number of ether oxygens (including phenoxy) is 1. The van der Waals surface area contributed by atoms with E-state index in [1.54, 1.807) is 7.11 Å². The molecule has 8 nitrogen and oxygen atoms in total. The van der Waals surface area contributed by atoms with E-state index in [0.717, 1.165) is 6.61 Å². The number of hydrogen-bond donors (Lipinski definition) is 5. The molecule has 2 aliphatic rings. The van der Waals surface area contributed by atoms with E-state index in [0.29, 0.717) is 34.0 Å². The van der Waals surface area contributed by atoms with Crippen LogP contribution in [0.4, 0.5) is 0 Å². The fourth-order valence-electron chi connectivity index (χ4n) is 3.96. The van der Waals surface area contributed by atoms with Gasteiger partial charge in [-0.15, -0.1) is 0 Å². The van der Waals surface area contributed by atoms with E-state index in [9.17, 15) is 9.59 Å². The monoisotopic (exact) mass is 449 g/mol. The van der Waals surface area contributed by atoms with Gasteiger partial charge in [-0.3, -0.25) is 0 Å². The zero-order valence-corrected chi connectivity index (χ0v) is 17.3. The number of carboxylic acid groups (broad SMARTS) is 2. The van der Waals surface area contributed by atoms with Gasteiger partial charge in [-0.1, -0.05) is 29.3 Å². The smallest absolute Gasteiger partial charge is 0.335 e. The maximum Gasteiger partial charge on any atom is 0.335 e. The first-order chi connectivity index (χ1) is 13.6. The van der Waals surface area contributed by atoms with Gasteiger partial charge in [0.25, 0.3) is 0 Å². The molecule has 0 spiro atoms. The summed E-state index contributed by atoms with van der Waals surface area (Å²) in [7, 11) is 1.78. The van der Waals surface area contributed by atoms with Crippen LogP contribution in [0.3, 0.4) is 0 Å². The number of carbonyl (C=O) groups is 2. The molecule has 0 amide bonds. The molecule has 162 valence electrons. The van der Waals surface area contributed by atoms with Crippen LogP contribution in [-0.4, -0.2) is 70.4 Å². The zero-order chi connectivity index (χ0) is 21.7. The Morgan fingerprint density at radius 2 is 1.76 bits per heavy atom. The van der Waals surface area contributed by atoms with E-state index in [4.69, 9.17) is 48.4 Å². The second-order valence-electron chi connectivity index (χ2n) is 7.25. The van der Waals surface area contributed by atoms with Crippen LogP contribution in [0.1, 0.15) is 30.7 Å². The molecule has 5 N–H and O–H groups in total. The third-order valence-electron chi connectivity index (χ3n) is 5.38. The highest BCUT2D eigenvalue weighted by atomic mass is 35.5. The molecule has 10 heteroatoms. The van der Waals surface area contributed by atoms with Gasteiger partial charge in [0.15, 0.2) is 12.2 Å². The van der Waals surface area contributed by atoms with Crippen LogP contribution >= 0.6 is 23.2 Å². The SMILES string of the molecule is COCC1C2CCC(CC1c1ccc(Cl)c(Cl)c1)N2.O=C(O)C(O)C(O)C(=O)O. The minimum Gasteiger partial charge on any atom is -0.479 e. The van der Waals surface area contributed by atoms with Crippen LogP contribution in [0.2, 0.25) is 10.0 Å². The molecular formula is C19H25Cl2NO7. The molecule has 6 unspecified atom stereocenters. The highest BCUT2D eigenvalue weighted by Gasteiger charge is 2.42. The number of halogens is 2. The fourth-order valence-corrected chi connectivity index (χ4v) is 4.26. The van der Waals surface area contributed by atoms with E-state index < -0.39 is 24.1 Å². The average molecular weight is 450 g/mol. The van der Waals surface area contributed by atoms with Gasteiger partial charge in [0, 0.05) is 25.1 Å². The van der Waals surface area contributed by atoms with Gasteiger partial charge in [-0.25, -0.2) is 9.59 Å². The topological polar surface area (TPSA) is 136 Å². The van der Waals surface area contributed by atoms with Crippen molar-refractivity contribution in [1.29, 1.82) is 0 Å². The molecule has 1 aromatic carbocycles. The van der Waals surface area contributed by atoms with E-state index in [2.05, 4.69) is 11.4 Å². The number of methoxy groups -OCH3 is 1. The third-order valence-corrected chi connectivity index (χ3v) is 6.12. The summed E-state index contributed by atoms with van der Waals surface area (Å²) in [5, 5.41) is 37.5. The second kappa shape index (κ2) is 10.6. The Kier molecular flexibility index (Phi) is 8.69. The number of aliphatic carboxylic acids is 2. The molecule has 2 saturated heterocycles. The van der Waals surface area contributed by atoms with Crippen LogP contribution in [-0.2, 0) is 14.3 Å². The molecule has 6 atom stereocenters. The first-order valence-corrected chi connectivity index (χ1v) is 9.93. The number of aliphatic hydroxyl groups excluding tert-OH is 2. The summed E-state index contributed by atoms with van der Waals surface area (Å²) in [5.74, 6) is -2.49. The highest BCUT2D eigenvalue weighted by Crippen LogP contribution is 2.42. The number of fused-ring (bicyclic) bond motifs is 2. The van der Waals surface area contributed by atoms with Crippen LogP contribution in [0.15, 0.2) is 18.2 Å².